The zero-order valence-electron chi connectivity index (χ0n) is 19.4. The van der Waals surface area contributed by atoms with Crippen LogP contribution in [0.1, 0.15) is 17.3 Å². The molecule has 36 heavy (non-hydrogen) atoms. The van der Waals surface area contributed by atoms with E-state index in [0.717, 1.165) is 28.4 Å². The van der Waals surface area contributed by atoms with Crippen LogP contribution in [0.2, 0.25) is 0 Å². The Morgan fingerprint density at radius 3 is 2.03 bits per heavy atom. The van der Waals surface area contributed by atoms with Crippen molar-refractivity contribution in [3.8, 4) is 10.4 Å². The molecule has 4 aromatic carbocycles. The van der Waals surface area contributed by atoms with E-state index in [1.54, 1.807) is 11.3 Å². The predicted octanol–water partition coefficient (Wildman–Crippen LogP) is 7.48. The molecule has 0 radical (unpaired) electrons. The van der Waals surface area contributed by atoms with Crippen LogP contribution in [0.3, 0.4) is 0 Å². The Kier molecular flexibility index (Phi) is 5.00. The first-order valence-corrected chi connectivity index (χ1v) is 12.8. The van der Waals surface area contributed by atoms with Crippen molar-refractivity contribution in [2.24, 2.45) is 9.98 Å². The fourth-order valence-corrected chi connectivity index (χ4v) is 5.96. The topological polar surface area (TPSA) is 41.7 Å². The summed E-state index contributed by atoms with van der Waals surface area (Å²) in [5.74, 6) is 1.60. The van der Waals surface area contributed by atoms with Gasteiger partial charge in [-0.25, -0.2) is 9.98 Å². The molecule has 7 rings (SSSR count). The first-order chi connectivity index (χ1) is 17.8. The smallest absolute Gasteiger partial charge is 0.212 e. The van der Waals surface area contributed by atoms with Crippen molar-refractivity contribution in [3.63, 3.8) is 0 Å². The van der Waals surface area contributed by atoms with Crippen molar-refractivity contribution >= 4 is 44.3 Å². The molecule has 0 fully saturated rings. The lowest BCUT2D eigenvalue weighted by Crippen LogP contribution is -2.39. The Morgan fingerprint density at radius 2 is 1.28 bits per heavy atom. The van der Waals surface area contributed by atoms with Gasteiger partial charge in [-0.1, -0.05) is 109 Å². The van der Waals surface area contributed by atoms with Crippen LogP contribution in [0.25, 0.3) is 31.6 Å². The van der Waals surface area contributed by atoms with Gasteiger partial charge in [0, 0.05) is 21.2 Å². The number of nitrogens with one attached hydrogen (secondary N) is 1. The van der Waals surface area contributed by atoms with Gasteiger partial charge >= 0.3 is 0 Å². The number of hydrogen-bond donors (Lipinski definition) is 1. The van der Waals surface area contributed by atoms with E-state index in [4.69, 9.17) is 9.98 Å². The summed E-state index contributed by atoms with van der Waals surface area (Å²) in [6, 6.07) is 42.0. The Morgan fingerprint density at radius 1 is 0.639 bits per heavy atom. The van der Waals surface area contributed by atoms with Gasteiger partial charge in [0.1, 0.15) is 10.7 Å². The number of benzene rings is 4. The monoisotopic (exact) mass is 482 g/mol. The summed E-state index contributed by atoms with van der Waals surface area (Å²) in [4.78, 5) is 12.6. The number of aromatic nitrogens is 1. The van der Waals surface area contributed by atoms with E-state index in [2.05, 4.69) is 94.8 Å². The third-order valence-corrected chi connectivity index (χ3v) is 7.66. The molecule has 0 aliphatic carbocycles. The molecule has 5 heteroatoms. The largest absolute Gasteiger partial charge is 0.310 e. The van der Waals surface area contributed by atoms with Crippen LogP contribution in [0.5, 0.6) is 0 Å². The predicted molar refractivity (Wildman–Crippen MR) is 151 cm³/mol. The molecule has 6 aromatic rings. The molecule has 1 N–H and O–H groups in total. The maximum absolute atomic E-state index is 5.14. The van der Waals surface area contributed by atoms with Crippen LogP contribution in [-0.4, -0.2) is 16.4 Å². The number of nitrogens with zero attached hydrogens (tertiary/aromatic N) is 3. The minimum atomic E-state index is -0.331. The second-order valence-electron chi connectivity index (χ2n) is 8.75. The number of aliphatic imine (C=N–C) groups is 2. The quantitative estimate of drug-likeness (QED) is 0.279. The van der Waals surface area contributed by atoms with E-state index in [1.807, 2.05) is 36.4 Å². The summed E-state index contributed by atoms with van der Waals surface area (Å²) in [6.07, 6.45) is -0.331. The van der Waals surface area contributed by atoms with Crippen molar-refractivity contribution in [2.45, 2.75) is 6.17 Å². The van der Waals surface area contributed by atoms with Crippen LogP contribution >= 0.6 is 11.3 Å². The van der Waals surface area contributed by atoms with Gasteiger partial charge in [0.15, 0.2) is 6.17 Å². The second kappa shape index (κ2) is 8.63. The third-order valence-electron chi connectivity index (χ3n) is 6.49. The number of fused-ring (bicyclic) bond motifs is 3. The van der Waals surface area contributed by atoms with Gasteiger partial charge in [-0.2, -0.15) is 0 Å². The van der Waals surface area contributed by atoms with E-state index in [-0.39, 0.29) is 6.17 Å². The Bertz CT molecular complexity index is 1750. The first kappa shape index (κ1) is 20.9. The fourth-order valence-electron chi connectivity index (χ4n) is 4.77. The molecular weight excluding hydrogens is 460 g/mol. The third kappa shape index (κ3) is 3.53. The van der Waals surface area contributed by atoms with Crippen LogP contribution in [0.4, 0.5) is 0 Å². The summed E-state index contributed by atoms with van der Waals surface area (Å²) in [5, 5.41) is 6.03. The summed E-state index contributed by atoms with van der Waals surface area (Å²) >= 11 is 1.79. The molecular formula is C31H22N4S. The summed E-state index contributed by atoms with van der Waals surface area (Å²) < 4.78 is 2.26. The Labute approximate surface area is 212 Å². The van der Waals surface area contributed by atoms with E-state index < -0.39 is 0 Å². The maximum atomic E-state index is 5.14. The molecule has 4 nitrogen and oxygen atoms in total. The van der Waals surface area contributed by atoms with Crippen LogP contribution in [0, 0.1) is 0 Å². The highest BCUT2D eigenvalue weighted by Crippen LogP contribution is 2.40. The number of thiophene rings is 1. The SMILES string of the molecule is c1ccc(C2=NC(c3ccccc3)N=C(n3c4ccccc4c4cc(-c5ccccc5)sc43)N2)cc1. The van der Waals surface area contributed by atoms with Gasteiger partial charge in [0.2, 0.25) is 5.96 Å². The van der Waals surface area contributed by atoms with E-state index in [0.29, 0.717) is 0 Å². The lowest BCUT2D eigenvalue weighted by atomic mass is 10.1. The highest BCUT2D eigenvalue weighted by Gasteiger charge is 2.24. The van der Waals surface area contributed by atoms with Gasteiger partial charge in [0.05, 0.1) is 5.52 Å². The average Bonchev–Trinajstić information content (AvgIpc) is 3.52. The van der Waals surface area contributed by atoms with Gasteiger partial charge in [-0.15, -0.1) is 11.3 Å². The van der Waals surface area contributed by atoms with Crippen molar-refractivity contribution in [1.29, 1.82) is 0 Å². The Balaban J connectivity index is 1.45. The minimum absolute atomic E-state index is 0.331. The van der Waals surface area contributed by atoms with Crippen molar-refractivity contribution in [3.05, 3.63) is 132 Å². The summed E-state index contributed by atoms with van der Waals surface area (Å²) in [6.45, 7) is 0. The van der Waals surface area contributed by atoms with E-state index in [1.165, 1.54) is 26.0 Å². The normalized spacial score (nSPS) is 15.5. The molecule has 3 heterocycles. The summed E-state index contributed by atoms with van der Waals surface area (Å²) in [5.41, 5.74) is 4.45. The minimum Gasteiger partial charge on any atom is -0.310 e. The summed E-state index contributed by atoms with van der Waals surface area (Å²) in [7, 11) is 0. The number of hydrogen-bond acceptors (Lipinski definition) is 4. The van der Waals surface area contributed by atoms with Crippen LogP contribution < -0.4 is 5.32 Å². The van der Waals surface area contributed by atoms with Crippen molar-refractivity contribution in [1.82, 2.24) is 9.88 Å². The molecule has 1 aliphatic heterocycles. The molecule has 0 bridgehead atoms. The van der Waals surface area contributed by atoms with E-state index in [9.17, 15) is 0 Å². The molecule has 1 atom stereocenters. The van der Waals surface area contributed by atoms with Crippen LogP contribution in [-0.2, 0) is 0 Å². The Hall–Kier alpha value is -4.48. The molecule has 172 valence electrons. The van der Waals surface area contributed by atoms with Crippen molar-refractivity contribution < 1.29 is 0 Å². The standard InChI is InChI=1S/C31H22N4S/c1-4-12-21(13-5-1)27-20-25-24-18-10-11-19-26(24)35(30(25)36-27)31-33-28(22-14-6-2-7-15-22)32-29(34-31)23-16-8-3-9-17-23/h1-20,28H,(H,32,33,34). The second-order valence-corrected chi connectivity index (χ2v) is 9.78. The molecule has 0 saturated carbocycles. The first-order valence-electron chi connectivity index (χ1n) is 12.0. The highest BCUT2D eigenvalue weighted by molar-refractivity contribution is 7.22. The zero-order chi connectivity index (χ0) is 23.9. The number of para-hydroxylation sites is 1. The average molecular weight is 483 g/mol. The highest BCUT2D eigenvalue weighted by atomic mass is 32.1. The molecule has 0 saturated heterocycles. The van der Waals surface area contributed by atoms with Crippen LogP contribution in [0.15, 0.2) is 131 Å². The van der Waals surface area contributed by atoms with Gasteiger partial charge in [-0.05, 0) is 23.3 Å². The lowest BCUT2D eigenvalue weighted by Gasteiger charge is -2.23. The maximum Gasteiger partial charge on any atom is 0.212 e. The molecule has 0 spiro atoms. The van der Waals surface area contributed by atoms with E-state index >= 15 is 0 Å². The van der Waals surface area contributed by atoms with Gasteiger partial charge < -0.3 is 5.32 Å². The lowest BCUT2D eigenvalue weighted by molar-refractivity contribution is 0.745. The fraction of sp³-hybridized carbons (Fsp3) is 0.0323. The molecule has 0 amide bonds. The zero-order valence-corrected chi connectivity index (χ0v) is 20.2. The van der Waals surface area contributed by atoms with Crippen molar-refractivity contribution in [2.75, 3.05) is 0 Å². The number of rotatable bonds is 3. The van der Waals surface area contributed by atoms with Gasteiger partial charge in [-0.3, -0.25) is 4.57 Å². The molecule has 2 aromatic heterocycles. The molecule has 1 aliphatic rings. The van der Waals surface area contributed by atoms with Gasteiger partial charge in [0.25, 0.3) is 0 Å². The molecule has 1 unspecified atom stereocenters. The number of amidine groups is 1.